The van der Waals surface area contributed by atoms with Crippen LogP contribution in [0.15, 0.2) is 34.1 Å². The zero-order valence-corrected chi connectivity index (χ0v) is 29.2. The lowest BCUT2D eigenvalue weighted by atomic mass is 9.94. The Hall–Kier alpha value is -1.96. The molecule has 10 nitrogen and oxygen atoms in total. The van der Waals surface area contributed by atoms with Crippen molar-refractivity contribution in [3.8, 4) is 11.5 Å². The second kappa shape index (κ2) is 14.7. The molecule has 0 radical (unpaired) electrons. The zero-order chi connectivity index (χ0) is 33.2. The average molecular weight is 718 g/mol. The Labute approximate surface area is 282 Å². The van der Waals surface area contributed by atoms with Crippen molar-refractivity contribution < 1.29 is 27.0 Å². The fourth-order valence-electron chi connectivity index (χ4n) is 7.65. The van der Waals surface area contributed by atoms with Gasteiger partial charge in [0.2, 0.25) is 0 Å². The maximum atomic E-state index is 12.9. The Morgan fingerprint density at radius 1 is 0.565 bits per heavy atom. The van der Waals surface area contributed by atoms with Crippen molar-refractivity contribution in [2.45, 2.75) is 109 Å². The molecule has 0 aromatic heterocycles. The molecule has 2 heterocycles. The van der Waals surface area contributed by atoms with E-state index in [0.717, 1.165) is 51.9 Å². The molecular formula is C32H46Cl2N4O6S2. The smallest absolute Gasteiger partial charge is 0.186 e. The van der Waals surface area contributed by atoms with Crippen molar-refractivity contribution in [1.82, 2.24) is 9.80 Å². The fourth-order valence-corrected chi connectivity index (χ4v) is 12.5. The number of halogens is 2. The number of likely N-dealkylation sites (tertiary alicyclic amines) is 2. The van der Waals surface area contributed by atoms with Gasteiger partial charge in [-0.15, -0.1) is 0 Å². The third-order valence-electron chi connectivity index (χ3n) is 10.3. The van der Waals surface area contributed by atoms with E-state index in [9.17, 15) is 27.0 Å². The minimum Gasteiger partial charge on any atom is -0.504 e. The summed E-state index contributed by atoms with van der Waals surface area (Å²) in [5, 5.41) is 19.2. The second-order valence-electron chi connectivity index (χ2n) is 13.1. The molecule has 6 N–H and O–H groups in total. The maximum Gasteiger partial charge on any atom is 0.186 e. The van der Waals surface area contributed by atoms with E-state index in [1.54, 1.807) is 0 Å². The summed E-state index contributed by atoms with van der Waals surface area (Å²) in [6, 6.07) is 6.68. The third kappa shape index (κ3) is 7.37. The van der Waals surface area contributed by atoms with E-state index in [0.29, 0.717) is 37.8 Å². The van der Waals surface area contributed by atoms with Gasteiger partial charge in [0.05, 0.1) is 31.9 Å². The van der Waals surface area contributed by atoms with Gasteiger partial charge in [-0.2, -0.15) is 0 Å². The molecule has 0 unspecified atom stereocenters. The average Bonchev–Trinajstić information content (AvgIpc) is 3.77. The van der Waals surface area contributed by atoms with Crippen LogP contribution in [0.4, 0.5) is 11.4 Å². The van der Waals surface area contributed by atoms with E-state index in [2.05, 4.69) is 9.80 Å². The van der Waals surface area contributed by atoms with Crippen molar-refractivity contribution in [2.75, 3.05) is 37.6 Å². The number of nitrogens with two attached hydrogens (primary N) is 2. The topological polar surface area (TPSA) is 167 Å². The highest BCUT2D eigenvalue weighted by molar-refractivity contribution is 7.92. The van der Waals surface area contributed by atoms with E-state index in [4.69, 9.17) is 34.7 Å². The van der Waals surface area contributed by atoms with E-state index in [1.165, 1.54) is 49.9 Å². The number of aromatic hydroxyl groups is 2. The standard InChI is InChI=1S/2C16H23ClN2O3S/c2*17-13-7-8-14(18)15(20)16(13)23(21,22)12-5-3-11(4-6-12)19-9-1-2-10-19/h2*7-8,11-12,20H,1-6,9-10,18H2. The van der Waals surface area contributed by atoms with Crippen LogP contribution in [0, 0.1) is 0 Å². The van der Waals surface area contributed by atoms with Crippen molar-refractivity contribution in [2.24, 2.45) is 0 Å². The number of sulfone groups is 2. The van der Waals surface area contributed by atoms with Crippen LogP contribution < -0.4 is 11.5 Å². The van der Waals surface area contributed by atoms with Crippen LogP contribution in [0.5, 0.6) is 11.5 Å². The van der Waals surface area contributed by atoms with E-state index < -0.39 is 41.7 Å². The summed E-state index contributed by atoms with van der Waals surface area (Å²) in [6.07, 6.45) is 10.9. The molecule has 2 aromatic rings. The first-order valence-electron chi connectivity index (χ1n) is 16.3. The lowest BCUT2D eigenvalue weighted by Crippen LogP contribution is -2.39. The second-order valence-corrected chi connectivity index (χ2v) is 18.2. The van der Waals surface area contributed by atoms with Gasteiger partial charge in [0, 0.05) is 12.1 Å². The van der Waals surface area contributed by atoms with Crippen LogP contribution in [0.2, 0.25) is 10.0 Å². The van der Waals surface area contributed by atoms with Gasteiger partial charge in [-0.05, 0) is 127 Å². The van der Waals surface area contributed by atoms with Gasteiger partial charge in [-0.1, -0.05) is 23.2 Å². The summed E-state index contributed by atoms with van der Waals surface area (Å²) in [4.78, 5) is 4.55. The molecule has 2 aromatic carbocycles. The number of phenolic OH excluding ortho intramolecular Hbond substituents is 2. The highest BCUT2D eigenvalue weighted by Crippen LogP contribution is 2.42. The van der Waals surface area contributed by atoms with Crippen molar-refractivity contribution in [3.05, 3.63) is 34.3 Å². The SMILES string of the molecule is Nc1ccc(Cl)c(S(=O)(=O)C2CCC(N3CCCC3)CC2)c1O.Nc1ccc(Cl)c(S(=O)(=O)C2CCC(N3CCCC3)CC2)c1O. The molecule has 2 saturated carbocycles. The lowest BCUT2D eigenvalue weighted by Gasteiger charge is -2.34. The normalized spacial score (nSPS) is 26.5. The monoisotopic (exact) mass is 716 g/mol. The predicted octanol–water partition coefficient (Wildman–Crippen LogP) is 5.62. The molecule has 4 fully saturated rings. The molecule has 14 heteroatoms. The number of nitrogen functional groups attached to an aromatic ring is 2. The van der Waals surface area contributed by atoms with Crippen LogP contribution >= 0.6 is 23.2 Å². The first-order chi connectivity index (χ1) is 21.8. The molecule has 4 aliphatic rings. The molecular weight excluding hydrogens is 671 g/mol. The molecule has 6 rings (SSSR count). The minimum atomic E-state index is -3.67. The summed E-state index contributed by atoms with van der Waals surface area (Å²) >= 11 is 12.1. The summed E-state index contributed by atoms with van der Waals surface area (Å²) in [5.41, 5.74) is 11.4. The highest BCUT2D eigenvalue weighted by atomic mass is 35.5. The van der Waals surface area contributed by atoms with Gasteiger partial charge in [0.25, 0.3) is 0 Å². The number of hydrogen-bond acceptors (Lipinski definition) is 10. The molecule has 46 heavy (non-hydrogen) atoms. The Bertz CT molecular complexity index is 1480. The molecule has 0 amide bonds. The number of phenols is 2. The third-order valence-corrected chi connectivity index (χ3v) is 15.8. The number of nitrogens with zero attached hydrogens (tertiary/aromatic N) is 2. The summed E-state index contributed by atoms with van der Waals surface area (Å²) in [6.45, 7) is 4.52. The van der Waals surface area contributed by atoms with Crippen LogP contribution in [-0.4, -0.2) is 85.6 Å². The van der Waals surface area contributed by atoms with Crippen LogP contribution in [-0.2, 0) is 19.7 Å². The predicted molar refractivity (Wildman–Crippen MR) is 183 cm³/mol. The van der Waals surface area contributed by atoms with Gasteiger partial charge >= 0.3 is 0 Å². The van der Waals surface area contributed by atoms with E-state index in [-0.39, 0.29) is 31.2 Å². The Balaban J connectivity index is 0.000000181. The minimum absolute atomic E-state index is 0.0402. The first-order valence-corrected chi connectivity index (χ1v) is 20.2. The van der Waals surface area contributed by atoms with Crippen LogP contribution in [0.3, 0.4) is 0 Å². The number of benzene rings is 2. The van der Waals surface area contributed by atoms with Gasteiger partial charge in [0.15, 0.2) is 31.2 Å². The molecule has 2 aliphatic heterocycles. The summed E-state index contributed by atoms with van der Waals surface area (Å²) < 4.78 is 51.6. The number of rotatable bonds is 6. The van der Waals surface area contributed by atoms with E-state index in [1.807, 2.05) is 0 Å². The molecule has 2 saturated heterocycles. The van der Waals surface area contributed by atoms with E-state index >= 15 is 0 Å². The Morgan fingerprint density at radius 3 is 1.17 bits per heavy atom. The van der Waals surface area contributed by atoms with Gasteiger partial charge in [0.1, 0.15) is 9.79 Å². The fraction of sp³-hybridized carbons (Fsp3) is 0.625. The Morgan fingerprint density at radius 2 is 0.870 bits per heavy atom. The first kappa shape index (κ1) is 35.3. The molecule has 2 aliphatic carbocycles. The van der Waals surface area contributed by atoms with Gasteiger partial charge < -0.3 is 31.5 Å². The molecule has 256 valence electrons. The van der Waals surface area contributed by atoms with Gasteiger partial charge in [-0.25, -0.2) is 16.8 Å². The van der Waals surface area contributed by atoms with Crippen molar-refractivity contribution in [3.63, 3.8) is 0 Å². The molecule has 0 atom stereocenters. The largest absolute Gasteiger partial charge is 0.504 e. The van der Waals surface area contributed by atoms with Crippen molar-refractivity contribution in [1.29, 1.82) is 0 Å². The zero-order valence-electron chi connectivity index (χ0n) is 26.1. The van der Waals surface area contributed by atoms with Gasteiger partial charge in [-0.3, -0.25) is 0 Å². The maximum absolute atomic E-state index is 12.9. The quantitative estimate of drug-likeness (QED) is 0.218. The Kier molecular flexibility index (Phi) is 11.3. The highest BCUT2D eigenvalue weighted by Gasteiger charge is 2.39. The summed E-state index contributed by atoms with van der Waals surface area (Å²) in [7, 11) is -7.35. The number of anilines is 2. The molecule has 0 bridgehead atoms. The lowest BCUT2D eigenvalue weighted by molar-refractivity contribution is 0.192. The summed E-state index contributed by atoms with van der Waals surface area (Å²) in [5.74, 6) is -0.835. The number of hydrogen-bond donors (Lipinski definition) is 4. The van der Waals surface area contributed by atoms with Crippen LogP contribution in [0.25, 0.3) is 0 Å². The molecule has 0 spiro atoms. The van der Waals surface area contributed by atoms with Crippen molar-refractivity contribution >= 4 is 54.3 Å². The van der Waals surface area contributed by atoms with Crippen LogP contribution in [0.1, 0.15) is 77.0 Å².